The van der Waals surface area contributed by atoms with Crippen LogP contribution in [0.4, 0.5) is 0 Å². The van der Waals surface area contributed by atoms with Gasteiger partial charge in [-0.05, 0) is 54.3 Å². The zero-order valence-corrected chi connectivity index (χ0v) is 7.72. The highest BCUT2D eigenvalue weighted by Crippen LogP contribution is 2.84. The summed E-state index contributed by atoms with van der Waals surface area (Å²) in [7, 11) is 0. The average molecular weight is 160 g/mol. The molecule has 2 bridgehead atoms. The van der Waals surface area contributed by atoms with Crippen LogP contribution in [0.1, 0.15) is 32.6 Å². The van der Waals surface area contributed by atoms with Gasteiger partial charge in [-0.15, -0.1) is 0 Å². The van der Waals surface area contributed by atoms with E-state index in [1.54, 1.807) is 12.8 Å². The zero-order chi connectivity index (χ0) is 7.97. The number of hydrogen-bond donors (Lipinski definition) is 0. The monoisotopic (exact) mass is 160 g/mol. The van der Waals surface area contributed by atoms with E-state index in [-0.39, 0.29) is 0 Å². The Kier molecular flexibility index (Phi) is 0.740. The number of hydrogen-bond acceptors (Lipinski definition) is 0. The van der Waals surface area contributed by atoms with Crippen molar-refractivity contribution < 1.29 is 0 Å². The number of allylic oxidation sites excluding steroid dienone is 2. The van der Waals surface area contributed by atoms with Gasteiger partial charge in [-0.25, -0.2) is 0 Å². The summed E-state index contributed by atoms with van der Waals surface area (Å²) in [6, 6.07) is 0. The molecule has 5 atom stereocenters. The van der Waals surface area contributed by atoms with E-state index >= 15 is 0 Å². The lowest BCUT2D eigenvalue weighted by Gasteiger charge is -2.36. The Morgan fingerprint density at radius 3 is 2.83 bits per heavy atom. The fourth-order valence-corrected chi connectivity index (χ4v) is 5.08. The van der Waals surface area contributed by atoms with E-state index in [4.69, 9.17) is 0 Å². The summed E-state index contributed by atoms with van der Waals surface area (Å²) in [4.78, 5) is 0. The second kappa shape index (κ2) is 1.42. The van der Waals surface area contributed by atoms with Gasteiger partial charge in [0.15, 0.2) is 0 Å². The van der Waals surface area contributed by atoms with Crippen molar-refractivity contribution in [3.05, 3.63) is 12.2 Å². The third-order valence-corrected chi connectivity index (χ3v) is 5.79. The molecule has 0 radical (unpaired) electrons. The van der Waals surface area contributed by atoms with Crippen molar-refractivity contribution in [1.82, 2.24) is 0 Å². The molecule has 0 aromatic heterocycles. The first-order valence-electron chi connectivity index (χ1n) is 5.46. The molecule has 0 saturated heterocycles. The number of rotatable bonds is 0. The fourth-order valence-electron chi connectivity index (χ4n) is 5.08. The highest BCUT2D eigenvalue weighted by atomic mass is 14.8. The van der Waals surface area contributed by atoms with Crippen LogP contribution in [-0.4, -0.2) is 0 Å². The van der Waals surface area contributed by atoms with E-state index in [0.29, 0.717) is 0 Å². The Morgan fingerprint density at radius 1 is 1.25 bits per heavy atom. The molecular weight excluding hydrogens is 144 g/mol. The minimum absolute atomic E-state index is 0.747. The second-order valence-electron chi connectivity index (χ2n) is 5.73. The van der Waals surface area contributed by atoms with Gasteiger partial charge >= 0.3 is 0 Å². The molecule has 4 rings (SSSR count). The highest BCUT2D eigenvalue weighted by molar-refractivity contribution is 5.33. The second-order valence-corrected chi connectivity index (χ2v) is 5.73. The summed E-state index contributed by atoms with van der Waals surface area (Å²) in [5.74, 6) is 3.11. The van der Waals surface area contributed by atoms with Crippen LogP contribution in [0.5, 0.6) is 0 Å². The highest BCUT2D eigenvalue weighted by Gasteiger charge is 2.76. The molecule has 4 aliphatic rings. The minimum Gasteiger partial charge on any atom is -0.0845 e. The maximum atomic E-state index is 2.58. The van der Waals surface area contributed by atoms with Gasteiger partial charge < -0.3 is 0 Å². The first-order valence-corrected chi connectivity index (χ1v) is 5.46. The van der Waals surface area contributed by atoms with Gasteiger partial charge in [0.1, 0.15) is 0 Å². The van der Waals surface area contributed by atoms with Crippen molar-refractivity contribution in [2.45, 2.75) is 32.6 Å². The van der Waals surface area contributed by atoms with E-state index < -0.39 is 0 Å². The zero-order valence-electron chi connectivity index (χ0n) is 7.72. The van der Waals surface area contributed by atoms with Gasteiger partial charge in [-0.1, -0.05) is 19.1 Å². The van der Waals surface area contributed by atoms with Crippen LogP contribution in [0.3, 0.4) is 0 Å². The summed E-state index contributed by atoms with van der Waals surface area (Å²) in [5.41, 5.74) is 1.59. The van der Waals surface area contributed by atoms with Crippen molar-refractivity contribution in [3.63, 3.8) is 0 Å². The van der Waals surface area contributed by atoms with E-state index in [1.165, 1.54) is 12.8 Å². The van der Waals surface area contributed by atoms with E-state index in [0.717, 1.165) is 28.6 Å². The molecule has 0 heteroatoms. The Morgan fingerprint density at radius 2 is 2.08 bits per heavy atom. The normalized spacial score (nSPS) is 69.9. The Balaban J connectivity index is 1.97. The number of fused-ring (bicyclic) bond motifs is 3. The van der Waals surface area contributed by atoms with Crippen LogP contribution in [-0.2, 0) is 0 Å². The quantitative estimate of drug-likeness (QED) is 0.478. The molecule has 0 nitrogen and oxygen atoms in total. The third-order valence-electron chi connectivity index (χ3n) is 5.79. The molecule has 0 amide bonds. The predicted octanol–water partition coefficient (Wildman–Crippen LogP) is 3.00. The molecule has 64 valence electrons. The minimum atomic E-state index is 0.747. The van der Waals surface area contributed by atoms with E-state index in [9.17, 15) is 0 Å². The molecule has 0 aromatic carbocycles. The van der Waals surface area contributed by atoms with Crippen LogP contribution >= 0.6 is 0 Å². The van der Waals surface area contributed by atoms with Crippen molar-refractivity contribution in [1.29, 1.82) is 0 Å². The van der Waals surface area contributed by atoms with Crippen molar-refractivity contribution in [3.8, 4) is 0 Å². The van der Waals surface area contributed by atoms with Gasteiger partial charge in [-0.2, -0.15) is 0 Å². The maximum absolute atomic E-state index is 2.58. The van der Waals surface area contributed by atoms with Gasteiger partial charge in [0.2, 0.25) is 0 Å². The molecule has 3 saturated carbocycles. The van der Waals surface area contributed by atoms with E-state index in [2.05, 4.69) is 19.1 Å². The van der Waals surface area contributed by atoms with Crippen LogP contribution in [0, 0.1) is 28.6 Å². The fraction of sp³-hybridized carbons (Fsp3) is 0.833. The smallest absolute Gasteiger partial charge is 0.0144 e. The molecular formula is C12H16. The Bertz CT molecular complexity index is 278. The molecule has 4 aliphatic carbocycles. The van der Waals surface area contributed by atoms with Crippen LogP contribution in [0.25, 0.3) is 0 Å². The first-order chi connectivity index (χ1) is 5.77. The summed E-state index contributed by atoms with van der Waals surface area (Å²) in [5, 5.41) is 0. The summed E-state index contributed by atoms with van der Waals surface area (Å²) in [6.07, 6.45) is 11.2. The van der Waals surface area contributed by atoms with Crippen LogP contribution in [0.2, 0.25) is 0 Å². The van der Waals surface area contributed by atoms with E-state index in [1.807, 2.05) is 0 Å². The SMILES string of the molecule is CC12CCC3CC31C1C=CC2C1. The summed E-state index contributed by atoms with van der Waals surface area (Å²) >= 11 is 0. The average Bonchev–Trinajstić information content (AvgIpc) is 2.48. The molecule has 0 aromatic rings. The lowest BCUT2D eigenvalue weighted by molar-refractivity contribution is 0.158. The summed E-state index contributed by atoms with van der Waals surface area (Å²) < 4.78 is 0. The molecule has 3 fully saturated rings. The Labute approximate surface area is 74.0 Å². The van der Waals surface area contributed by atoms with Gasteiger partial charge in [-0.3, -0.25) is 0 Å². The first kappa shape index (κ1) is 6.23. The van der Waals surface area contributed by atoms with Crippen LogP contribution < -0.4 is 0 Å². The van der Waals surface area contributed by atoms with Crippen molar-refractivity contribution in [2.24, 2.45) is 28.6 Å². The van der Waals surface area contributed by atoms with Gasteiger partial charge in [0.05, 0.1) is 0 Å². The lowest BCUT2D eigenvalue weighted by atomic mass is 9.68. The molecule has 0 N–H and O–H groups in total. The standard InChI is InChI=1S/C12H16/c1-11-5-4-10-7-12(10,11)9-3-2-8(11)6-9/h2-3,8-10H,4-7H2,1H3. The molecule has 5 unspecified atom stereocenters. The van der Waals surface area contributed by atoms with Gasteiger partial charge in [0, 0.05) is 0 Å². The van der Waals surface area contributed by atoms with Gasteiger partial charge in [0.25, 0.3) is 0 Å². The maximum Gasteiger partial charge on any atom is -0.0144 e. The van der Waals surface area contributed by atoms with Crippen molar-refractivity contribution >= 4 is 0 Å². The van der Waals surface area contributed by atoms with Crippen LogP contribution in [0.15, 0.2) is 12.2 Å². The third kappa shape index (κ3) is 0.372. The largest absolute Gasteiger partial charge is 0.0845 e. The Hall–Kier alpha value is -0.260. The predicted molar refractivity (Wildman–Crippen MR) is 48.6 cm³/mol. The lowest BCUT2D eigenvalue weighted by Crippen LogP contribution is -2.30. The molecule has 0 heterocycles. The molecule has 0 aliphatic heterocycles. The van der Waals surface area contributed by atoms with Crippen molar-refractivity contribution in [2.75, 3.05) is 0 Å². The summed E-state index contributed by atoms with van der Waals surface area (Å²) in [6.45, 7) is 2.58. The molecule has 1 spiro atoms. The topological polar surface area (TPSA) is 0 Å². The molecule has 12 heavy (non-hydrogen) atoms.